The number of rotatable bonds is 4. The van der Waals surface area contributed by atoms with Crippen molar-refractivity contribution in [2.75, 3.05) is 0 Å². The number of benzene rings is 1. The Kier molecular flexibility index (Phi) is 4.83. The third-order valence-electron chi connectivity index (χ3n) is 3.25. The lowest BCUT2D eigenvalue weighted by Crippen LogP contribution is -2.09. The number of hydrogen-bond donors (Lipinski definition) is 0. The van der Waals surface area contributed by atoms with Gasteiger partial charge >= 0.3 is 0 Å². The van der Waals surface area contributed by atoms with Gasteiger partial charge in [-0.2, -0.15) is 10.5 Å². The molecule has 0 atom stereocenters. The minimum absolute atomic E-state index is 0.0506. The highest BCUT2D eigenvalue weighted by atomic mass is 16.6. The first-order valence-corrected chi connectivity index (χ1v) is 6.46. The summed E-state index contributed by atoms with van der Waals surface area (Å²) in [5.41, 5.74) is 2.09. The zero-order valence-electron chi connectivity index (χ0n) is 12.1. The zero-order chi connectivity index (χ0) is 15.4. The monoisotopic (exact) mass is 271 g/mol. The van der Waals surface area contributed by atoms with Crippen molar-refractivity contribution in [3.8, 4) is 12.1 Å². The summed E-state index contributed by atoms with van der Waals surface area (Å²) in [7, 11) is 0. The molecule has 0 heterocycles. The quantitative estimate of drug-likeness (QED) is 0.615. The lowest BCUT2D eigenvalue weighted by atomic mass is 9.83. The van der Waals surface area contributed by atoms with Crippen molar-refractivity contribution in [1.82, 2.24) is 0 Å². The molecule has 0 unspecified atom stereocenters. The molecular formula is C15H17N3O2. The lowest BCUT2D eigenvalue weighted by Gasteiger charge is -2.19. The van der Waals surface area contributed by atoms with Gasteiger partial charge in [-0.3, -0.25) is 10.1 Å². The Bertz CT molecular complexity index is 619. The Morgan fingerprint density at radius 3 is 2.20 bits per heavy atom. The summed E-state index contributed by atoms with van der Waals surface area (Å²) in [4.78, 5) is 10.7. The molecule has 1 aromatic carbocycles. The van der Waals surface area contributed by atoms with Crippen LogP contribution in [0.5, 0.6) is 0 Å². The molecule has 0 amide bonds. The average Bonchev–Trinajstić information content (AvgIpc) is 2.36. The standard InChI is InChI=1S/C15H17N3O2/c1-9(2)12-7-14(18(19)20)13(8-17)15(10(3)4)11(12)5-6-16/h7,9-10H,5H2,1-4H3. The SMILES string of the molecule is CC(C)c1cc([N+](=O)[O-])c(C#N)c(C(C)C)c1CC#N. The molecule has 0 aromatic heterocycles. The Hall–Kier alpha value is -2.40. The molecule has 0 N–H and O–H groups in total. The van der Waals surface area contributed by atoms with E-state index in [1.165, 1.54) is 6.07 Å². The topological polar surface area (TPSA) is 90.7 Å². The number of hydrogen-bond acceptors (Lipinski definition) is 4. The van der Waals surface area contributed by atoms with Gasteiger partial charge in [-0.1, -0.05) is 27.7 Å². The average molecular weight is 271 g/mol. The minimum Gasteiger partial charge on any atom is -0.258 e. The molecule has 0 saturated carbocycles. The number of nitrogens with zero attached hydrogens (tertiary/aromatic N) is 3. The first-order chi connectivity index (χ1) is 9.34. The van der Waals surface area contributed by atoms with Gasteiger partial charge in [0.25, 0.3) is 5.69 Å². The second-order valence-corrected chi connectivity index (χ2v) is 5.27. The summed E-state index contributed by atoms with van der Waals surface area (Å²) in [6.45, 7) is 7.61. The normalized spacial score (nSPS) is 10.4. The van der Waals surface area contributed by atoms with E-state index < -0.39 is 4.92 Å². The molecule has 0 fully saturated rings. The van der Waals surface area contributed by atoms with Crippen molar-refractivity contribution >= 4 is 5.69 Å². The number of nitro benzene ring substituents is 1. The third-order valence-corrected chi connectivity index (χ3v) is 3.25. The number of nitro groups is 1. The number of nitriles is 2. The summed E-state index contributed by atoms with van der Waals surface area (Å²) in [5, 5.41) is 29.5. The molecule has 0 aliphatic carbocycles. The van der Waals surface area contributed by atoms with E-state index in [-0.39, 0.29) is 29.5 Å². The predicted octanol–water partition coefficient (Wildman–Crippen LogP) is 3.78. The smallest absolute Gasteiger partial charge is 0.258 e. The van der Waals surface area contributed by atoms with E-state index >= 15 is 0 Å². The van der Waals surface area contributed by atoms with Gasteiger partial charge in [0.05, 0.1) is 17.4 Å². The maximum atomic E-state index is 11.2. The summed E-state index contributed by atoms with van der Waals surface area (Å²) in [5.74, 6) is 0.00712. The van der Waals surface area contributed by atoms with E-state index in [1.54, 1.807) is 0 Å². The fourth-order valence-corrected chi connectivity index (χ4v) is 2.44. The van der Waals surface area contributed by atoms with Crippen LogP contribution in [0.2, 0.25) is 0 Å². The molecule has 104 valence electrons. The summed E-state index contributed by atoms with van der Waals surface area (Å²) < 4.78 is 0. The maximum Gasteiger partial charge on any atom is 0.287 e. The van der Waals surface area contributed by atoms with Crippen LogP contribution in [-0.4, -0.2) is 4.92 Å². The molecule has 5 heteroatoms. The van der Waals surface area contributed by atoms with E-state index in [0.29, 0.717) is 5.56 Å². The predicted molar refractivity (Wildman–Crippen MR) is 75.3 cm³/mol. The van der Waals surface area contributed by atoms with Crippen LogP contribution in [0.3, 0.4) is 0 Å². The summed E-state index contributed by atoms with van der Waals surface area (Å²) in [6, 6.07) is 5.48. The summed E-state index contributed by atoms with van der Waals surface area (Å²) in [6.07, 6.45) is 0.160. The highest BCUT2D eigenvalue weighted by molar-refractivity contribution is 5.61. The molecule has 0 aliphatic rings. The third kappa shape index (κ3) is 2.78. The molecule has 20 heavy (non-hydrogen) atoms. The molecule has 1 rings (SSSR count). The highest BCUT2D eigenvalue weighted by Gasteiger charge is 2.26. The Labute approximate surface area is 118 Å². The van der Waals surface area contributed by atoms with Crippen LogP contribution >= 0.6 is 0 Å². The van der Waals surface area contributed by atoms with Crippen LogP contribution in [0.1, 0.15) is 61.8 Å². The first kappa shape index (κ1) is 15.7. The van der Waals surface area contributed by atoms with Gasteiger partial charge < -0.3 is 0 Å². The largest absolute Gasteiger partial charge is 0.287 e. The van der Waals surface area contributed by atoms with E-state index in [9.17, 15) is 15.4 Å². The van der Waals surface area contributed by atoms with Crippen LogP contribution in [0.15, 0.2) is 6.07 Å². The van der Waals surface area contributed by atoms with E-state index in [2.05, 4.69) is 6.07 Å². The first-order valence-electron chi connectivity index (χ1n) is 6.46. The second kappa shape index (κ2) is 6.16. The Balaban J connectivity index is 3.87. The van der Waals surface area contributed by atoms with Gasteiger partial charge in [0.1, 0.15) is 11.6 Å². The molecule has 0 aliphatic heterocycles. The molecular weight excluding hydrogens is 254 g/mol. The van der Waals surface area contributed by atoms with Gasteiger partial charge in [0, 0.05) is 6.07 Å². The van der Waals surface area contributed by atoms with Gasteiger partial charge in [0.2, 0.25) is 0 Å². The summed E-state index contributed by atoms with van der Waals surface area (Å²) >= 11 is 0. The molecule has 0 radical (unpaired) electrons. The van der Waals surface area contributed by atoms with Gasteiger partial charge in [0.15, 0.2) is 0 Å². The fourth-order valence-electron chi connectivity index (χ4n) is 2.44. The molecule has 1 aromatic rings. The van der Waals surface area contributed by atoms with Crippen LogP contribution in [-0.2, 0) is 6.42 Å². The molecule has 0 saturated heterocycles. The van der Waals surface area contributed by atoms with Crippen molar-refractivity contribution in [1.29, 1.82) is 10.5 Å². The molecule has 0 bridgehead atoms. The second-order valence-electron chi connectivity index (χ2n) is 5.27. The van der Waals surface area contributed by atoms with Gasteiger partial charge in [-0.25, -0.2) is 0 Å². The highest BCUT2D eigenvalue weighted by Crippen LogP contribution is 2.36. The maximum absolute atomic E-state index is 11.2. The molecule has 5 nitrogen and oxygen atoms in total. The van der Waals surface area contributed by atoms with Crippen LogP contribution in [0.25, 0.3) is 0 Å². The fraction of sp³-hybridized carbons (Fsp3) is 0.467. The van der Waals surface area contributed by atoms with Gasteiger partial charge in [-0.05, 0) is 28.5 Å². The Morgan fingerprint density at radius 1 is 1.25 bits per heavy atom. The minimum atomic E-state index is -0.521. The van der Waals surface area contributed by atoms with Crippen LogP contribution in [0, 0.1) is 32.8 Å². The van der Waals surface area contributed by atoms with Crippen molar-refractivity contribution in [3.63, 3.8) is 0 Å². The van der Waals surface area contributed by atoms with Gasteiger partial charge in [-0.15, -0.1) is 0 Å². The Morgan fingerprint density at radius 2 is 1.85 bits per heavy atom. The van der Waals surface area contributed by atoms with Crippen molar-refractivity contribution < 1.29 is 4.92 Å². The van der Waals surface area contributed by atoms with Crippen molar-refractivity contribution in [2.24, 2.45) is 0 Å². The van der Waals surface area contributed by atoms with E-state index in [4.69, 9.17) is 5.26 Å². The molecule has 0 spiro atoms. The van der Waals surface area contributed by atoms with Crippen LogP contribution in [0.4, 0.5) is 5.69 Å². The zero-order valence-corrected chi connectivity index (χ0v) is 12.1. The van der Waals surface area contributed by atoms with Crippen LogP contribution < -0.4 is 0 Å². The van der Waals surface area contributed by atoms with E-state index in [1.807, 2.05) is 33.8 Å². The van der Waals surface area contributed by atoms with Crippen molar-refractivity contribution in [3.05, 3.63) is 38.4 Å². The van der Waals surface area contributed by atoms with E-state index in [0.717, 1.165) is 11.1 Å². The lowest BCUT2D eigenvalue weighted by molar-refractivity contribution is -0.385. The van der Waals surface area contributed by atoms with Crippen molar-refractivity contribution in [2.45, 2.75) is 46.0 Å².